The molecule has 1 rings (SSSR count). The van der Waals surface area contributed by atoms with Gasteiger partial charge in [0.15, 0.2) is 0 Å². The van der Waals surface area contributed by atoms with Gasteiger partial charge >= 0.3 is 0 Å². The molecule has 2 N–H and O–H groups in total. The first-order valence-corrected chi connectivity index (χ1v) is 5.54. The van der Waals surface area contributed by atoms with Crippen LogP contribution in [0.4, 0.5) is 0 Å². The van der Waals surface area contributed by atoms with E-state index in [1.165, 1.54) is 51.4 Å². The summed E-state index contributed by atoms with van der Waals surface area (Å²) >= 11 is 0. The molecule has 0 aliphatic heterocycles. The van der Waals surface area contributed by atoms with Gasteiger partial charge in [-0.1, -0.05) is 38.5 Å². The Bertz CT molecular complexity index is 102. The zero-order chi connectivity index (χ0) is 8.81. The quantitative estimate of drug-likeness (QED) is 0.645. The molecule has 0 radical (unpaired) electrons. The van der Waals surface area contributed by atoms with Crippen LogP contribution in [0.2, 0.25) is 0 Å². The Kier molecular flexibility index (Phi) is 4.67. The summed E-state index contributed by atoms with van der Waals surface area (Å²) in [5, 5.41) is 0. The Hall–Kier alpha value is -0.0400. The van der Waals surface area contributed by atoms with Crippen LogP contribution in [0, 0.1) is 5.92 Å². The van der Waals surface area contributed by atoms with Crippen molar-refractivity contribution in [1.82, 2.24) is 0 Å². The highest BCUT2D eigenvalue weighted by Crippen LogP contribution is 2.26. The van der Waals surface area contributed by atoms with Gasteiger partial charge in [0, 0.05) is 6.04 Å². The third-order valence-electron chi connectivity index (χ3n) is 3.01. The normalized spacial score (nSPS) is 23.5. The lowest BCUT2D eigenvalue weighted by molar-refractivity contribution is 0.401. The minimum Gasteiger partial charge on any atom is -0.328 e. The SMILES string of the molecule is C[C@@H](N)CCC1CCCCCC1. The summed E-state index contributed by atoms with van der Waals surface area (Å²) < 4.78 is 0. The van der Waals surface area contributed by atoms with E-state index in [2.05, 4.69) is 6.92 Å². The van der Waals surface area contributed by atoms with Crippen LogP contribution >= 0.6 is 0 Å². The number of rotatable bonds is 3. The summed E-state index contributed by atoms with van der Waals surface area (Å²) in [7, 11) is 0. The molecule has 1 heteroatoms. The molecule has 72 valence electrons. The third kappa shape index (κ3) is 4.10. The minimum absolute atomic E-state index is 0.410. The van der Waals surface area contributed by atoms with E-state index in [0.717, 1.165) is 5.92 Å². The summed E-state index contributed by atoms with van der Waals surface area (Å²) in [6.07, 6.45) is 11.4. The second-order valence-corrected chi connectivity index (χ2v) is 4.41. The molecule has 0 spiro atoms. The largest absolute Gasteiger partial charge is 0.328 e. The zero-order valence-corrected chi connectivity index (χ0v) is 8.39. The van der Waals surface area contributed by atoms with Crippen molar-refractivity contribution in [2.24, 2.45) is 11.7 Å². The Balaban J connectivity index is 2.12. The molecule has 1 aliphatic rings. The molecule has 0 heterocycles. The Morgan fingerprint density at radius 2 is 1.75 bits per heavy atom. The van der Waals surface area contributed by atoms with Gasteiger partial charge in [-0.05, 0) is 25.7 Å². The van der Waals surface area contributed by atoms with Crippen LogP contribution in [-0.2, 0) is 0 Å². The highest BCUT2D eigenvalue weighted by Gasteiger charge is 2.12. The van der Waals surface area contributed by atoms with Gasteiger partial charge in [0.05, 0.1) is 0 Å². The van der Waals surface area contributed by atoms with Crippen molar-refractivity contribution in [2.75, 3.05) is 0 Å². The fraction of sp³-hybridized carbons (Fsp3) is 1.00. The fourth-order valence-corrected chi connectivity index (χ4v) is 2.15. The van der Waals surface area contributed by atoms with Crippen LogP contribution in [0.5, 0.6) is 0 Å². The number of hydrogen-bond acceptors (Lipinski definition) is 1. The molecule has 0 saturated heterocycles. The van der Waals surface area contributed by atoms with E-state index in [9.17, 15) is 0 Å². The van der Waals surface area contributed by atoms with E-state index in [4.69, 9.17) is 5.73 Å². The van der Waals surface area contributed by atoms with Gasteiger partial charge in [-0.2, -0.15) is 0 Å². The second-order valence-electron chi connectivity index (χ2n) is 4.41. The van der Waals surface area contributed by atoms with Gasteiger partial charge in [0.25, 0.3) is 0 Å². The summed E-state index contributed by atoms with van der Waals surface area (Å²) in [6.45, 7) is 2.12. The summed E-state index contributed by atoms with van der Waals surface area (Å²) in [5.41, 5.74) is 5.75. The standard InChI is InChI=1S/C11H23N/c1-10(12)8-9-11-6-4-2-3-5-7-11/h10-11H,2-9,12H2,1H3/t10-/m1/s1. The maximum atomic E-state index is 5.75. The van der Waals surface area contributed by atoms with Crippen molar-refractivity contribution < 1.29 is 0 Å². The molecular weight excluding hydrogens is 146 g/mol. The van der Waals surface area contributed by atoms with Crippen LogP contribution < -0.4 is 5.73 Å². The molecule has 1 atom stereocenters. The van der Waals surface area contributed by atoms with E-state index < -0.39 is 0 Å². The van der Waals surface area contributed by atoms with Crippen molar-refractivity contribution in [2.45, 2.75) is 64.3 Å². The fourth-order valence-electron chi connectivity index (χ4n) is 2.15. The van der Waals surface area contributed by atoms with Crippen LogP contribution in [0.15, 0.2) is 0 Å². The van der Waals surface area contributed by atoms with E-state index in [0.29, 0.717) is 6.04 Å². The van der Waals surface area contributed by atoms with Crippen molar-refractivity contribution in [1.29, 1.82) is 0 Å². The van der Waals surface area contributed by atoms with Crippen LogP contribution in [-0.4, -0.2) is 6.04 Å². The van der Waals surface area contributed by atoms with Gasteiger partial charge < -0.3 is 5.73 Å². The molecule has 1 aliphatic carbocycles. The molecule has 0 bridgehead atoms. The zero-order valence-electron chi connectivity index (χ0n) is 8.39. The van der Waals surface area contributed by atoms with E-state index in [1.807, 2.05) is 0 Å². The lowest BCUT2D eigenvalue weighted by Gasteiger charge is -2.14. The summed E-state index contributed by atoms with van der Waals surface area (Å²) in [6, 6.07) is 0.410. The lowest BCUT2D eigenvalue weighted by Crippen LogP contribution is -2.16. The van der Waals surface area contributed by atoms with Gasteiger partial charge in [-0.25, -0.2) is 0 Å². The van der Waals surface area contributed by atoms with Crippen molar-refractivity contribution in [3.05, 3.63) is 0 Å². The molecule has 1 fully saturated rings. The van der Waals surface area contributed by atoms with Gasteiger partial charge in [0.1, 0.15) is 0 Å². The van der Waals surface area contributed by atoms with Crippen molar-refractivity contribution >= 4 is 0 Å². The Morgan fingerprint density at radius 1 is 1.17 bits per heavy atom. The van der Waals surface area contributed by atoms with Crippen LogP contribution in [0.1, 0.15) is 58.3 Å². The first-order chi connectivity index (χ1) is 5.79. The van der Waals surface area contributed by atoms with Gasteiger partial charge in [-0.3, -0.25) is 0 Å². The lowest BCUT2D eigenvalue weighted by atomic mass is 9.93. The average molecular weight is 169 g/mol. The van der Waals surface area contributed by atoms with E-state index in [-0.39, 0.29) is 0 Å². The van der Waals surface area contributed by atoms with Crippen molar-refractivity contribution in [3.8, 4) is 0 Å². The smallest absolute Gasteiger partial charge is 0.00105 e. The van der Waals surface area contributed by atoms with E-state index >= 15 is 0 Å². The van der Waals surface area contributed by atoms with Gasteiger partial charge in [-0.15, -0.1) is 0 Å². The number of hydrogen-bond donors (Lipinski definition) is 1. The number of nitrogens with two attached hydrogens (primary N) is 1. The van der Waals surface area contributed by atoms with Crippen molar-refractivity contribution in [3.63, 3.8) is 0 Å². The monoisotopic (exact) mass is 169 g/mol. The summed E-state index contributed by atoms with van der Waals surface area (Å²) in [5.74, 6) is 0.999. The maximum absolute atomic E-state index is 5.75. The minimum atomic E-state index is 0.410. The van der Waals surface area contributed by atoms with Gasteiger partial charge in [0.2, 0.25) is 0 Å². The Labute approximate surface area is 76.7 Å². The molecule has 12 heavy (non-hydrogen) atoms. The first kappa shape index (κ1) is 10.0. The average Bonchev–Trinajstić information content (AvgIpc) is 2.28. The predicted octanol–water partition coefficient (Wildman–Crippen LogP) is 3.08. The molecule has 0 aromatic rings. The third-order valence-corrected chi connectivity index (χ3v) is 3.01. The highest BCUT2D eigenvalue weighted by atomic mass is 14.6. The predicted molar refractivity (Wildman–Crippen MR) is 54.1 cm³/mol. The molecule has 1 saturated carbocycles. The first-order valence-electron chi connectivity index (χ1n) is 5.54. The highest BCUT2D eigenvalue weighted by molar-refractivity contribution is 4.66. The Morgan fingerprint density at radius 3 is 2.25 bits per heavy atom. The summed E-state index contributed by atoms with van der Waals surface area (Å²) in [4.78, 5) is 0. The molecule has 0 aromatic heterocycles. The van der Waals surface area contributed by atoms with Crippen LogP contribution in [0.3, 0.4) is 0 Å². The van der Waals surface area contributed by atoms with E-state index in [1.54, 1.807) is 0 Å². The maximum Gasteiger partial charge on any atom is 0.00105 e. The molecule has 0 unspecified atom stereocenters. The molecule has 0 aromatic carbocycles. The topological polar surface area (TPSA) is 26.0 Å². The van der Waals surface area contributed by atoms with Crippen LogP contribution in [0.25, 0.3) is 0 Å². The second kappa shape index (κ2) is 5.58. The molecule has 0 amide bonds. The molecule has 1 nitrogen and oxygen atoms in total. The molecular formula is C11H23N.